The van der Waals surface area contributed by atoms with Crippen LogP contribution in [0, 0.1) is 0 Å². The van der Waals surface area contributed by atoms with Crippen LogP contribution < -0.4 is 0 Å². The molecule has 0 heterocycles. The van der Waals surface area contributed by atoms with E-state index in [2.05, 4.69) is 28.5 Å². The zero-order valence-electron chi connectivity index (χ0n) is 22.9. The Balaban J connectivity index is 3.51. The molecular weight excluding hydrogens is 476 g/mol. The molecule has 2 N–H and O–H groups in total. The van der Waals surface area contributed by atoms with Crippen LogP contribution in [0.2, 0.25) is 0 Å². The molecule has 0 bridgehead atoms. The summed E-state index contributed by atoms with van der Waals surface area (Å²) in [5, 5.41) is 17.7. The molecule has 0 saturated heterocycles. The summed E-state index contributed by atoms with van der Waals surface area (Å²) in [4.78, 5) is 46.2. The Labute approximate surface area is 223 Å². The van der Waals surface area contributed by atoms with Crippen LogP contribution in [0.25, 0.3) is 0 Å². The zero-order chi connectivity index (χ0) is 27.6. The summed E-state index contributed by atoms with van der Waals surface area (Å²) < 4.78 is 8.99. The molecule has 1 unspecified atom stereocenters. The molecule has 0 amide bonds. The van der Waals surface area contributed by atoms with Gasteiger partial charge in [-0.15, -0.1) is 0 Å². The largest absolute Gasteiger partial charge is 0.457 e. The number of Topliss-reactive ketones (excluding diaryl/α,β-unsaturated/α-hetero) is 1. The first-order valence-corrected chi connectivity index (χ1v) is 14.3. The maximum atomic E-state index is 11.7. The second kappa shape index (κ2) is 25.6. The quantitative estimate of drug-likeness (QED) is 0.0524. The van der Waals surface area contributed by atoms with Crippen molar-refractivity contribution >= 4 is 23.7 Å². The fraction of sp³-hybridized carbons (Fsp3) is 0.793. The number of aliphatic hydroxyl groups is 2. The van der Waals surface area contributed by atoms with Gasteiger partial charge in [0.2, 0.25) is 0 Å². The van der Waals surface area contributed by atoms with Crippen molar-refractivity contribution in [2.24, 2.45) is 0 Å². The molecule has 1 atom stereocenters. The predicted molar refractivity (Wildman–Crippen MR) is 143 cm³/mol. The standard InChI is InChI=1S/C29H50O8/c1-2-3-4-5-6-7-8-9-10-11-12-13-14-15-16-17-18-19-20-21-27(33)37-28(34)22-26(32)29(35)36-24-25(31)23-30/h9-10,25,30-31H,2-8,11-24H2,1H3. The Kier molecular flexibility index (Phi) is 24.2. The van der Waals surface area contributed by atoms with Gasteiger partial charge < -0.3 is 19.7 Å². The molecule has 214 valence electrons. The van der Waals surface area contributed by atoms with E-state index in [0.717, 1.165) is 19.3 Å². The third-order valence-electron chi connectivity index (χ3n) is 6.02. The van der Waals surface area contributed by atoms with Crippen molar-refractivity contribution in [1.82, 2.24) is 0 Å². The van der Waals surface area contributed by atoms with Crippen LogP contribution in [0.3, 0.4) is 0 Å². The fourth-order valence-corrected chi connectivity index (χ4v) is 3.77. The maximum absolute atomic E-state index is 11.7. The van der Waals surface area contributed by atoms with E-state index in [-0.39, 0.29) is 6.42 Å². The molecule has 8 heteroatoms. The number of rotatable bonds is 25. The van der Waals surface area contributed by atoms with Gasteiger partial charge in [-0.1, -0.05) is 96.1 Å². The number of carbonyl (C=O) groups excluding carboxylic acids is 4. The third-order valence-corrected chi connectivity index (χ3v) is 6.02. The molecule has 0 aromatic heterocycles. The van der Waals surface area contributed by atoms with E-state index in [1.54, 1.807) is 0 Å². The average molecular weight is 527 g/mol. The molecule has 0 aromatic rings. The number of ether oxygens (including phenoxy) is 2. The molecular formula is C29H50O8. The predicted octanol–water partition coefficient (Wildman–Crippen LogP) is 5.51. The molecule has 8 nitrogen and oxygen atoms in total. The molecule has 0 spiro atoms. The van der Waals surface area contributed by atoms with Crippen LogP contribution in [0.1, 0.15) is 129 Å². The van der Waals surface area contributed by atoms with Gasteiger partial charge in [0.05, 0.1) is 6.61 Å². The van der Waals surface area contributed by atoms with E-state index in [1.807, 2.05) is 0 Å². The zero-order valence-corrected chi connectivity index (χ0v) is 22.9. The number of aliphatic hydroxyl groups excluding tert-OH is 2. The Bertz CT molecular complexity index is 644. The summed E-state index contributed by atoms with van der Waals surface area (Å²) >= 11 is 0. The van der Waals surface area contributed by atoms with E-state index in [9.17, 15) is 19.2 Å². The van der Waals surface area contributed by atoms with Gasteiger partial charge >= 0.3 is 17.9 Å². The van der Waals surface area contributed by atoms with Gasteiger partial charge in [-0.05, 0) is 32.1 Å². The second-order valence-electron chi connectivity index (χ2n) is 9.63. The smallest absolute Gasteiger partial charge is 0.375 e. The van der Waals surface area contributed by atoms with Crippen molar-refractivity contribution in [2.75, 3.05) is 13.2 Å². The lowest BCUT2D eigenvalue weighted by Crippen LogP contribution is -2.27. The summed E-state index contributed by atoms with van der Waals surface area (Å²) in [6.45, 7) is 1.06. The van der Waals surface area contributed by atoms with Crippen LogP contribution in [0.5, 0.6) is 0 Å². The highest BCUT2D eigenvalue weighted by Crippen LogP contribution is 2.12. The highest BCUT2D eigenvalue weighted by molar-refractivity contribution is 6.36. The topological polar surface area (TPSA) is 127 Å². The minimum atomic E-state index is -1.33. The van der Waals surface area contributed by atoms with Gasteiger partial charge in [-0.25, -0.2) is 4.79 Å². The molecule has 0 aromatic carbocycles. The van der Waals surface area contributed by atoms with E-state index >= 15 is 0 Å². The van der Waals surface area contributed by atoms with Crippen LogP contribution in [0.15, 0.2) is 12.2 Å². The van der Waals surface area contributed by atoms with Gasteiger partial charge in [0.15, 0.2) is 0 Å². The van der Waals surface area contributed by atoms with Crippen LogP contribution >= 0.6 is 0 Å². The van der Waals surface area contributed by atoms with Gasteiger partial charge in [-0.2, -0.15) is 0 Å². The Morgan fingerprint density at radius 1 is 0.703 bits per heavy atom. The van der Waals surface area contributed by atoms with Gasteiger partial charge in [-0.3, -0.25) is 14.4 Å². The van der Waals surface area contributed by atoms with Crippen LogP contribution in [-0.4, -0.2) is 53.2 Å². The SMILES string of the molecule is CCCCCCCCC=CCCCCCCCCCCCC(=O)OC(=O)CC(=O)C(=O)OCC(O)CO. The minimum Gasteiger partial charge on any atom is -0.457 e. The van der Waals surface area contributed by atoms with Crippen LogP contribution in [0.4, 0.5) is 0 Å². The van der Waals surface area contributed by atoms with E-state index in [0.29, 0.717) is 6.42 Å². The summed E-state index contributed by atoms with van der Waals surface area (Å²) in [5.41, 5.74) is 0. The molecule has 0 rings (SSSR count). The molecule has 0 aliphatic rings. The summed E-state index contributed by atoms with van der Waals surface area (Å²) in [7, 11) is 0. The number of allylic oxidation sites excluding steroid dienone is 2. The van der Waals surface area contributed by atoms with E-state index in [4.69, 9.17) is 10.2 Å². The van der Waals surface area contributed by atoms with Crippen LogP contribution in [-0.2, 0) is 28.7 Å². The van der Waals surface area contributed by atoms with Gasteiger partial charge in [0, 0.05) is 6.42 Å². The van der Waals surface area contributed by atoms with Crippen molar-refractivity contribution in [3.8, 4) is 0 Å². The van der Waals surface area contributed by atoms with Crippen molar-refractivity contribution in [2.45, 2.75) is 135 Å². The molecule has 0 aliphatic carbocycles. The summed E-state index contributed by atoms with van der Waals surface area (Å²) in [5.74, 6) is -4.33. The molecule has 0 fully saturated rings. The number of hydrogen-bond donors (Lipinski definition) is 2. The summed E-state index contributed by atoms with van der Waals surface area (Å²) in [6, 6.07) is 0. The number of esters is 3. The maximum Gasteiger partial charge on any atom is 0.375 e. The average Bonchev–Trinajstić information content (AvgIpc) is 2.88. The number of unbranched alkanes of at least 4 members (excludes halogenated alkanes) is 15. The number of hydrogen-bond acceptors (Lipinski definition) is 8. The highest BCUT2D eigenvalue weighted by Gasteiger charge is 2.22. The van der Waals surface area contributed by atoms with E-state index in [1.165, 1.54) is 83.5 Å². The Morgan fingerprint density at radius 2 is 1.19 bits per heavy atom. The molecule has 37 heavy (non-hydrogen) atoms. The first kappa shape index (κ1) is 34.9. The Hall–Kier alpha value is -2.06. The molecule has 0 aliphatic heterocycles. The molecule has 0 saturated carbocycles. The van der Waals surface area contributed by atoms with Crippen molar-refractivity contribution in [3.05, 3.63) is 12.2 Å². The molecule has 0 radical (unpaired) electrons. The van der Waals surface area contributed by atoms with Crippen molar-refractivity contribution in [3.63, 3.8) is 0 Å². The fourth-order valence-electron chi connectivity index (χ4n) is 3.77. The van der Waals surface area contributed by atoms with Crippen molar-refractivity contribution < 1.29 is 38.9 Å². The highest BCUT2D eigenvalue weighted by atomic mass is 16.6. The van der Waals surface area contributed by atoms with Gasteiger partial charge in [0.25, 0.3) is 5.78 Å². The summed E-state index contributed by atoms with van der Waals surface area (Å²) in [6.07, 6.45) is 22.9. The van der Waals surface area contributed by atoms with Crippen molar-refractivity contribution in [1.29, 1.82) is 0 Å². The monoisotopic (exact) mass is 526 g/mol. The second-order valence-corrected chi connectivity index (χ2v) is 9.63. The third kappa shape index (κ3) is 24.1. The number of carbonyl (C=O) groups is 4. The Morgan fingerprint density at radius 3 is 1.70 bits per heavy atom. The normalized spacial score (nSPS) is 12.0. The van der Waals surface area contributed by atoms with E-state index < -0.39 is 49.4 Å². The lowest BCUT2D eigenvalue weighted by atomic mass is 10.1. The first-order valence-electron chi connectivity index (χ1n) is 14.3. The number of ketones is 1. The first-order chi connectivity index (χ1) is 17.9. The lowest BCUT2D eigenvalue weighted by Gasteiger charge is -2.07. The minimum absolute atomic E-state index is 0.0828. The lowest BCUT2D eigenvalue weighted by molar-refractivity contribution is -0.164. The van der Waals surface area contributed by atoms with Gasteiger partial charge in [0.1, 0.15) is 19.1 Å².